The maximum Gasteiger partial charge on any atom is 0.269 e. The number of nitrogens with two attached hydrogens (primary N) is 1. The molecule has 0 aliphatic carbocycles. The quantitative estimate of drug-likeness (QED) is 0.505. The molecule has 1 atom stereocenters. The molecule has 4 N–H and O–H groups in total. The summed E-state index contributed by atoms with van der Waals surface area (Å²) in [5.74, 6) is -1.48. The third-order valence-corrected chi connectivity index (χ3v) is 10.2. The molecule has 0 fully saturated rings. The minimum absolute atomic E-state index is 0.349. The van der Waals surface area contributed by atoms with E-state index in [0.29, 0.717) is 20.9 Å². The molecule has 31 heavy (non-hydrogen) atoms. The summed E-state index contributed by atoms with van der Waals surface area (Å²) in [6.45, 7) is 5.95. The van der Waals surface area contributed by atoms with Gasteiger partial charge in [-0.1, -0.05) is 13.8 Å². The van der Waals surface area contributed by atoms with Gasteiger partial charge in [0.1, 0.15) is 9.75 Å². The van der Waals surface area contributed by atoms with E-state index in [0.717, 1.165) is 19.5 Å². The van der Waals surface area contributed by atoms with Gasteiger partial charge in [-0.2, -0.15) is 0 Å². The minimum atomic E-state index is -0.873. The molecule has 2 aliphatic heterocycles. The second-order valence-corrected chi connectivity index (χ2v) is 11.5. The van der Waals surface area contributed by atoms with Crippen LogP contribution in [0.15, 0.2) is 24.3 Å². The highest BCUT2D eigenvalue weighted by atomic mass is 32.1. The molecule has 5 rings (SSSR count). The molecule has 0 spiro atoms. The maximum atomic E-state index is 12.0. The Labute approximate surface area is 189 Å². The standard InChI is InChI=1S/C21H17N3O4S3/c1-20(2,12-6-8-14(30-12)18(27)23-16(8)25)10-4-5-11(29-10)21(3,22)13-7-9-15(31-13)19(28)24-17(9)26/h4-7H,22H2,1-3H3,(H,23,25,27)(H,24,26,28). The number of carbonyl (C=O) groups excluding carboxylic acids is 4. The molecular formula is C21H17N3O4S3. The van der Waals surface area contributed by atoms with Gasteiger partial charge in [0.15, 0.2) is 0 Å². The molecule has 4 amide bonds. The summed E-state index contributed by atoms with van der Waals surface area (Å²) in [4.78, 5) is 52.2. The lowest BCUT2D eigenvalue weighted by atomic mass is 9.89. The Kier molecular flexibility index (Phi) is 4.20. The summed E-state index contributed by atoms with van der Waals surface area (Å²) < 4.78 is 0. The molecule has 0 aromatic carbocycles. The molecule has 3 aromatic rings. The molecule has 10 heteroatoms. The smallest absolute Gasteiger partial charge is 0.269 e. The second-order valence-electron chi connectivity index (χ2n) is 8.26. The van der Waals surface area contributed by atoms with Crippen LogP contribution >= 0.6 is 34.0 Å². The Hall–Kier alpha value is -2.66. The first-order valence-corrected chi connectivity index (χ1v) is 11.8. The van der Waals surface area contributed by atoms with Crippen LogP contribution in [0.25, 0.3) is 0 Å². The predicted octanol–water partition coefficient (Wildman–Crippen LogP) is 3.19. The minimum Gasteiger partial charge on any atom is -0.317 e. The van der Waals surface area contributed by atoms with Gasteiger partial charge in [0.2, 0.25) is 0 Å². The Morgan fingerprint density at radius 1 is 0.677 bits per heavy atom. The van der Waals surface area contributed by atoms with Gasteiger partial charge in [0.05, 0.1) is 16.7 Å². The van der Waals surface area contributed by atoms with Crippen LogP contribution in [-0.4, -0.2) is 23.6 Å². The summed E-state index contributed by atoms with van der Waals surface area (Å²) in [5.41, 5.74) is 6.18. The van der Waals surface area contributed by atoms with Crippen molar-refractivity contribution < 1.29 is 19.2 Å². The molecule has 0 bridgehead atoms. The highest BCUT2D eigenvalue weighted by Gasteiger charge is 2.38. The average molecular weight is 472 g/mol. The SMILES string of the molecule is CC(C)(c1ccc(C(C)(N)c2cc3c(s2)C(=O)NC3=O)s1)c1cc2c(s1)C(=O)NC2=O. The van der Waals surface area contributed by atoms with Crippen molar-refractivity contribution >= 4 is 57.6 Å². The van der Waals surface area contributed by atoms with Crippen molar-refractivity contribution in [3.8, 4) is 0 Å². The van der Waals surface area contributed by atoms with Crippen LogP contribution in [0.3, 0.4) is 0 Å². The fourth-order valence-corrected chi connectivity index (χ4v) is 7.29. The van der Waals surface area contributed by atoms with Crippen LogP contribution in [0.4, 0.5) is 0 Å². The van der Waals surface area contributed by atoms with Gasteiger partial charge in [-0.3, -0.25) is 29.8 Å². The molecule has 7 nitrogen and oxygen atoms in total. The monoisotopic (exact) mass is 471 g/mol. The predicted molar refractivity (Wildman–Crippen MR) is 119 cm³/mol. The maximum absolute atomic E-state index is 12.0. The molecule has 0 saturated carbocycles. The van der Waals surface area contributed by atoms with E-state index < -0.39 is 16.9 Å². The Bertz CT molecular complexity index is 1160. The number of thiophene rings is 3. The Balaban J connectivity index is 1.50. The fourth-order valence-electron chi connectivity index (χ4n) is 3.67. The zero-order valence-corrected chi connectivity index (χ0v) is 19.2. The van der Waals surface area contributed by atoms with Crippen molar-refractivity contribution in [1.82, 2.24) is 10.6 Å². The van der Waals surface area contributed by atoms with Gasteiger partial charge in [0.25, 0.3) is 23.6 Å². The van der Waals surface area contributed by atoms with Crippen molar-refractivity contribution in [2.24, 2.45) is 5.73 Å². The molecule has 158 valence electrons. The van der Waals surface area contributed by atoms with Crippen molar-refractivity contribution in [1.29, 1.82) is 0 Å². The lowest BCUT2D eigenvalue weighted by Crippen LogP contribution is -2.32. The zero-order chi connectivity index (χ0) is 22.3. The lowest BCUT2D eigenvalue weighted by molar-refractivity contribution is 0.0864. The molecule has 0 saturated heterocycles. The van der Waals surface area contributed by atoms with Crippen LogP contribution in [-0.2, 0) is 11.0 Å². The number of hydrogen-bond donors (Lipinski definition) is 3. The van der Waals surface area contributed by atoms with E-state index in [1.165, 1.54) is 34.0 Å². The van der Waals surface area contributed by atoms with Crippen LogP contribution in [0.1, 0.15) is 80.3 Å². The fraction of sp³-hybridized carbons (Fsp3) is 0.238. The van der Waals surface area contributed by atoms with E-state index in [1.807, 2.05) is 32.9 Å². The number of rotatable bonds is 4. The topological polar surface area (TPSA) is 118 Å². The van der Waals surface area contributed by atoms with Crippen LogP contribution in [0, 0.1) is 0 Å². The third-order valence-electron chi connectivity index (χ3n) is 5.68. The van der Waals surface area contributed by atoms with Gasteiger partial charge < -0.3 is 5.73 Å². The summed E-state index contributed by atoms with van der Waals surface area (Å²) in [6.07, 6.45) is 0. The van der Waals surface area contributed by atoms with E-state index in [9.17, 15) is 19.2 Å². The number of imide groups is 2. The summed E-state index contributed by atoms with van der Waals surface area (Å²) in [7, 11) is 0. The molecule has 0 radical (unpaired) electrons. The van der Waals surface area contributed by atoms with Gasteiger partial charge in [-0.05, 0) is 31.2 Å². The van der Waals surface area contributed by atoms with E-state index >= 15 is 0 Å². The van der Waals surface area contributed by atoms with Crippen LogP contribution in [0.2, 0.25) is 0 Å². The lowest BCUT2D eigenvalue weighted by Gasteiger charge is -2.24. The van der Waals surface area contributed by atoms with Gasteiger partial charge in [0, 0.05) is 24.9 Å². The number of carbonyl (C=O) groups is 4. The average Bonchev–Trinajstić information content (AvgIpc) is 3.49. The first-order valence-electron chi connectivity index (χ1n) is 9.40. The van der Waals surface area contributed by atoms with E-state index in [4.69, 9.17) is 5.73 Å². The normalized spacial score (nSPS) is 17.4. The van der Waals surface area contributed by atoms with Gasteiger partial charge in [-0.25, -0.2) is 0 Å². The highest BCUT2D eigenvalue weighted by Crippen LogP contribution is 2.45. The van der Waals surface area contributed by atoms with Crippen molar-refractivity contribution in [2.75, 3.05) is 0 Å². The highest BCUT2D eigenvalue weighted by molar-refractivity contribution is 7.16. The van der Waals surface area contributed by atoms with Crippen molar-refractivity contribution in [3.63, 3.8) is 0 Å². The van der Waals surface area contributed by atoms with E-state index in [2.05, 4.69) is 10.6 Å². The Morgan fingerprint density at radius 2 is 1.16 bits per heavy atom. The third kappa shape index (κ3) is 2.86. The molecular weight excluding hydrogens is 454 g/mol. The summed E-state index contributed by atoms with van der Waals surface area (Å²) in [5, 5.41) is 4.60. The molecule has 5 heterocycles. The van der Waals surface area contributed by atoms with Gasteiger partial charge >= 0.3 is 0 Å². The number of hydrogen-bond acceptors (Lipinski definition) is 8. The van der Waals surface area contributed by atoms with Gasteiger partial charge in [-0.15, -0.1) is 34.0 Å². The summed E-state index contributed by atoms with van der Waals surface area (Å²) >= 11 is 4.10. The van der Waals surface area contributed by atoms with E-state index in [-0.39, 0.29) is 17.7 Å². The first-order chi connectivity index (χ1) is 14.5. The van der Waals surface area contributed by atoms with Crippen molar-refractivity contribution in [2.45, 2.75) is 31.7 Å². The molecule has 1 unspecified atom stereocenters. The molecule has 3 aromatic heterocycles. The molecule has 2 aliphatic rings. The van der Waals surface area contributed by atoms with Crippen LogP contribution < -0.4 is 16.4 Å². The Morgan fingerprint density at radius 3 is 1.71 bits per heavy atom. The second kappa shape index (κ2) is 6.42. The summed E-state index contributed by atoms with van der Waals surface area (Å²) in [6, 6.07) is 7.43. The zero-order valence-electron chi connectivity index (χ0n) is 16.7. The number of amides is 4. The largest absolute Gasteiger partial charge is 0.317 e. The van der Waals surface area contributed by atoms with Crippen LogP contribution in [0.5, 0.6) is 0 Å². The number of fused-ring (bicyclic) bond motifs is 2. The first kappa shape index (κ1) is 20.3. The number of nitrogens with one attached hydrogen (secondary N) is 2. The van der Waals surface area contributed by atoms with E-state index in [1.54, 1.807) is 12.1 Å². The van der Waals surface area contributed by atoms with Crippen molar-refractivity contribution in [3.05, 3.63) is 64.7 Å².